The van der Waals surface area contributed by atoms with Gasteiger partial charge in [0.25, 0.3) is 5.91 Å². The van der Waals surface area contributed by atoms with Gasteiger partial charge in [0.05, 0.1) is 14.2 Å². The van der Waals surface area contributed by atoms with Gasteiger partial charge in [0, 0.05) is 7.05 Å². The first-order valence-electron chi connectivity index (χ1n) is 5.26. The Kier molecular flexibility index (Phi) is 4.56. The number of rotatable bonds is 2. The molecule has 1 heterocycles. The van der Waals surface area contributed by atoms with Crippen molar-refractivity contribution in [3.63, 3.8) is 0 Å². The molecular weight excluding hydrogens is 473 g/mol. The van der Waals surface area contributed by atoms with Crippen LogP contribution in [0.5, 0.6) is 0 Å². The van der Waals surface area contributed by atoms with Crippen LogP contribution in [0.4, 0.5) is 23.2 Å². The number of anilines is 1. The minimum atomic E-state index is -1.70. The minimum absolute atomic E-state index is 0.00173. The van der Waals surface area contributed by atoms with Crippen LogP contribution < -0.4 is 5.32 Å². The lowest BCUT2D eigenvalue weighted by molar-refractivity contribution is 0.101. The molecule has 2 aromatic rings. The summed E-state index contributed by atoms with van der Waals surface area (Å²) >= 11 is 4.17. The third-order valence-electron chi connectivity index (χ3n) is 2.56. The van der Waals surface area contributed by atoms with Crippen molar-refractivity contribution in [3.05, 3.63) is 43.2 Å². The molecule has 0 aliphatic carbocycles. The Hall–Kier alpha value is -1.17. The van der Waals surface area contributed by atoms with E-state index in [-0.39, 0.29) is 5.69 Å². The summed E-state index contributed by atoms with van der Waals surface area (Å²) in [7, 11) is 1.44. The molecule has 0 aliphatic heterocycles. The largest absolute Gasteiger partial charge is 0.315 e. The molecule has 0 spiro atoms. The molecule has 4 nitrogen and oxygen atoms in total. The van der Waals surface area contributed by atoms with Gasteiger partial charge < -0.3 is 5.32 Å². The zero-order chi connectivity index (χ0) is 15.9. The van der Waals surface area contributed by atoms with E-state index in [1.165, 1.54) is 17.9 Å². The summed E-state index contributed by atoms with van der Waals surface area (Å²) in [5.41, 5.74) is -1.20. The average Bonchev–Trinajstić information content (AvgIpc) is 2.78. The molecule has 10 heteroatoms. The highest BCUT2D eigenvalue weighted by Gasteiger charge is 2.26. The molecule has 1 aromatic heterocycles. The Bertz CT molecular complexity index is 701. The molecule has 0 radical (unpaired) electrons. The summed E-state index contributed by atoms with van der Waals surface area (Å²) < 4.78 is 54.7. The van der Waals surface area contributed by atoms with E-state index in [9.17, 15) is 22.4 Å². The second kappa shape index (κ2) is 5.91. The lowest BCUT2D eigenvalue weighted by Crippen LogP contribution is -2.20. The Morgan fingerprint density at radius 3 is 2.19 bits per heavy atom. The van der Waals surface area contributed by atoms with Crippen molar-refractivity contribution in [2.75, 3.05) is 5.32 Å². The maximum atomic E-state index is 13.7. The molecule has 1 amide bonds. The van der Waals surface area contributed by atoms with E-state index in [1.54, 1.807) is 22.6 Å². The van der Waals surface area contributed by atoms with Gasteiger partial charge in [-0.05, 0) is 38.5 Å². The lowest BCUT2D eigenvalue weighted by atomic mass is 10.2. The zero-order valence-corrected chi connectivity index (χ0v) is 13.9. The second-order valence-corrected chi connectivity index (χ2v) is 5.82. The van der Waals surface area contributed by atoms with Crippen LogP contribution in [0.2, 0.25) is 0 Å². The van der Waals surface area contributed by atoms with Gasteiger partial charge in [0.2, 0.25) is 0 Å². The Labute approximate surface area is 137 Å². The Morgan fingerprint density at radius 1 is 1.24 bits per heavy atom. The van der Waals surface area contributed by atoms with Crippen molar-refractivity contribution in [1.29, 1.82) is 0 Å². The van der Waals surface area contributed by atoms with Crippen LogP contribution in [0.3, 0.4) is 0 Å². The fourth-order valence-electron chi connectivity index (χ4n) is 1.55. The summed E-state index contributed by atoms with van der Waals surface area (Å²) in [4.78, 5) is 12.0. The van der Waals surface area contributed by atoms with Gasteiger partial charge in [-0.15, -0.1) is 0 Å². The number of aromatic nitrogens is 2. The molecule has 1 N–H and O–H groups in total. The van der Waals surface area contributed by atoms with Crippen molar-refractivity contribution in [2.45, 2.75) is 0 Å². The number of halogens is 6. The monoisotopic (exact) mass is 477 g/mol. The van der Waals surface area contributed by atoms with Crippen molar-refractivity contribution >= 4 is 50.1 Å². The van der Waals surface area contributed by atoms with Crippen LogP contribution in [-0.2, 0) is 7.05 Å². The number of amides is 1. The van der Waals surface area contributed by atoms with Crippen LogP contribution in [-0.4, -0.2) is 15.7 Å². The summed E-state index contributed by atoms with van der Waals surface area (Å²) in [6.45, 7) is 0. The van der Waals surface area contributed by atoms with E-state index in [0.717, 1.165) is 0 Å². The summed E-state index contributed by atoms with van der Waals surface area (Å²) in [6.07, 6.45) is 1.35. The number of nitrogens with one attached hydrogen (secondary N) is 1. The first kappa shape index (κ1) is 16.2. The Balaban J connectivity index is 2.48. The molecule has 1 aromatic carbocycles. The first-order valence-corrected chi connectivity index (χ1v) is 7.13. The van der Waals surface area contributed by atoms with Gasteiger partial charge in [-0.1, -0.05) is 0 Å². The minimum Gasteiger partial charge on any atom is -0.315 e. The van der Waals surface area contributed by atoms with Crippen molar-refractivity contribution in [2.24, 2.45) is 7.05 Å². The molecule has 0 bridgehead atoms. The molecule has 0 fully saturated rings. The standard InChI is InChI=1S/C11H5BrF4IN3O/c1-20-10(3(17)2-18-20)11(21)19-9-7(15)5(13)4(12)6(14)8(9)16/h2H,1H3,(H,19,21). The van der Waals surface area contributed by atoms with Gasteiger partial charge in [0.1, 0.15) is 11.4 Å². The highest BCUT2D eigenvalue weighted by Crippen LogP contribution is 2.31. The van der Waals surface area contributed by atoms with Crippen LogP contribution in [0.25, 0.3) is 0 Å². The smallest absolute Gasteiger partial charge is 0.275 e. The molecule has 2 rings (SSSR count). The van der Waals surface area contributed by atoms with E-state index in [2.05, 4.69) is 21.0 Å². The molecule has 0 saturated heterocycles. The fraction of sp³-hybridized carbons (Fsp3) is 0.0909. The van der Waals surface area contributed by atoms with Gasteiger partial charge in [-0.25, -0.2) is 17.6 Å². The van der Waals surface area contributed by atoms with Crippen LogP contribution in [0, 0.1) is 26.8 Å². The first-order chi connectivity index (χ1) is 9.75. The predicted molar refractivity (Wildman–Crippen MR) is 77.9 cm³/mol. The number of carbonyl (C=O) groups is 1. The maximum Gasteiger partial charge on any atom is 0.275 e. The third-order valence-corrected chi connectivity index (χ3v) is 4.04. The molecule has 21 heavy (non-hydrogen) atoms. The van der Waals surface area contributed by atoms with Crippen LogP contribution >= 0.6 is 38.5 Å². The SMILES string of the molecule is Cn1ncc(I)c1C(=O)Nc1c(F)c(F)c(Br)c(F)c1F. The highest BCUT2D eigenvalue weighted by atomic mass is 127. The topological polar surface area (TPSA) is 46.9 Å². The molecule has 0 saturated carbocycles. The second-order valence-electron chi connectivity index (χ2n) is 3.86. The van der Waals surface area contributed by atoms with E-state index in [0.29, 0.717) is 3.57 Å². The number of hydrogen-bond donors (Lipinski definition) is 1. The summed E-state index contributed by atoms with van der Waals surface area (Å²) in [5, 5.41) is 5.59. The van der Waals surface area contributed by atoms with E-state index in [1.807, 2.05) is 5.32 Å². The normalized spacial score (nSPS) is 10.8. The summed E-state index contributed by atoms with van der Waals surface area (Å²) in [5.74, 6) is -7.62. The fourth-order valence-corrected chi connectivity index (χ4v) is 2.62. The number of aryl methyl sites for hydroxylation is 1. The Morgan fingerprint density at radius 2 is 1.76 bits per heavy atom. The average molecular weight is 478 g/mol. The third kappa shape index (κ3) is 2.78. The zero-order valence-electron chi connectivity index (χ0n) is 10.1. The van der Waals surface area contributed by atoms with Gasteiger partial charge in [0.15, 0.2) is 23.3 Å². The summed E-state index contributed by atoms with van der Waals surface area (Å²) in [6, 6.07) is 0. The number of benzene rings is 1. The quantitative estimate of drug-likeness (QED) is 0.311. The lowest BCUT2D eigenvalue weighted by Gasteiger charge is -2.10. The van der Waals surface area contributed by atoms with Crippen molar-refractivity contribution < 1.29 is 22.4 Å². The number of hydrogen-bond acceptors (Lipinski definition) is 2. The molecular formula is C11H5BrF4IN3O. The van der Waals surface area contributed by atoms with Crippen LogP contribution in [0.15, 0.2) is 10.7 Å². The number of carbonyl (C=O) groups excluding carboxylic acids is 1. The van der Waals surface area contributed by atoms with Gasteiger partial charge in [-0.2, -0.15) is 5.10 Å². The number of nitrogens with zero attached hydrogens (tertiary/aromatic N) is 2. The van der Waals surface area contributed by atoms with Crippen molar-refractivity contribution in [3.8, 4) is 0 Å². The molecule has 0 aliphatic rings. The van der Waals surface area contributed by atoms with Crippen molar-refractivity contribution in [1.82, 2.24) is 9.78 Å². The predicted octanol–water partition coefficient (Wildman–Crippen LogP) is 3.60. The van der Waals surface area contributed by atoms with Gasteiger partial charge in [-0.3, -0.25) is 9.48 Å². The van der Waals surface area contributed by atoms with E-state index >= 15 is 0 Å². The van der Waals surface area contributed by atoms with Crippen LogP contribution in [0.1, 0.15) is 10.5 Å². The molecule has 0 atom stereocenters. The van der Waals surface area contributed by atoms with E-state index in [4.69, 9.17) is 0 Å². The van der Waals surface area contributed by atoms with E-state index < -0.39 is 39.3 Å². The maximum absolute atomic E-state index is 13.7. The molecule has 112 valence electrons. The van der Waals surface area contributed by atoms with Gasteiger partial charge >= 0.3 is 0 Å². The highest BCUT2D eigenvalue weighted by molar-refractivity contribution is 14.1. The molecule has 0 unspecified atom stereocenters.